The smallest absolute Gasteiger partial charge is 0.272 e. The van der Waals surface area contributed by atoms with E-state index in [0.29, 0.717) is 30.2 Å². The largest absolute Gasteiger partial charge is 0.496 e. The van der Waals surface area contributed by atoms with Crippen molar-refractivity contribution >= 4 is 11.7 Å². The number of methoxy groups -OCH3 is 1. The maximum Gasteiger partial charge on any atom is 0.272 e. The highest BCUT2D eigenvalue weighted by Crippen LogP contribution is 2.28. The van der Waals surface area contributed by atoms with Crippen LogP contribution in [0, 0.1) is 33.6 Å². The molecule has 0 spiro atoms. The van der Waals surface area contributed by atoms with Gasteiger partial charge in [-0.2, -0.15) is 0 Å². The lowest BCUT2D eigenvalue weighted by molar-refractivity contribution is 0.0631. The monoisotopic (exact) mass is 381 g/mol. The summed E-state index contributed by atoms with van der Waals surface area (Å²) in [6, 6.07) is 5.47. The number of aromatic nitrogens is 2. The summed E-state index contributed by atoms with van der Waals surface area (Å²) < 4.78 is 5.40. The van der Waals surface area contributed by atoms with Crippen LogP contribution < -0.4 is 4.74 Å². The third-order valence-electron chi connectivity index (χ3n) is 5.21. The molecule has 6 heteroatoms. The second-order valence-electron chi connectivity index (χ2n) is 7.54. The number of nitrogens with zero attached hydrogens (tertiary/aromatic N) is 3. The van der Waals surface area contributed by atoms with Crippen LogP contribution in [0.25, 0.3) is 0 Å². The molecule has 0 radical (unpaired) electrons. The van der Waals surface area contributed by atoms with Gasteiger partial charge in [0.15, 0.2) is 5.78 Å². The number of aryl methyl sites for hydroxylation is 4. The van der Waals surface area contributed by atoms with Crippen molar-refractivity contribution in [2.45, 2.75) is 40.5 Å². The molecule has 1 aromatic heterocycles. The Hall–Kier alpha value is -2.76. The summed E-state index contributed by atoms with van der Waals surface area (Å²) in [5.74, 6) is 1.15. The Morgan fingerprint density at radius 2 is 1.75 bits per heavy atom. The van der Waals surface area contributed by atoms with Gasteiger partial charge in [0.25, 0.3) is 5.91 Å². The molecule has 0 aliphatic carbocycles. The molecule has 6 nitrogen and oxygen atoms in total. The molecular formula is C22H27N3O3. The molecule has 1 saturated heterocycles. The van der Waals surface area contributed by atoms with Gasteiger partial charge in [0.1, 0.15) is 17.3 Å². The Balaban J connectivity index is 1.79. The topological polar surface area (TPSA) is 72.4 Å². The molecule has 0 N–H and O–H groups in total. The van der Waals surface area contributed by atoms with Gasteiger partial charge in [-0.25, -0.2) is 9.97 Å². The minimum absolute atomic E-state index is 0.0846. The predicted octanol–water partition coefficient (Wildman–Crippen LogP) is 3.45. The molecule has 0 unspecified atom stereocenters. The fourth-order valence-corrected chi connectivity index (χ4v) is 4.01. The van der Waals surface area contributed by atoms with Crippen molar-refractivity contribution in [3.05, 3.63) is 52.1 Å². The summed E-state index contributed by atoms with van der Waals surface area (Å²) in [7, 11) is 1.64. The molecule has 1 aromatic carbocycles. The lowest BCUT2D eigenvalue weighted by Gasteiger charge is -2.32. The van der Waals surface area contributed by atoms with E-state index in [1.54, 1.807) is 25.0 Å². The van der Waals surface area contributed by atoms with Crippen LogP contribution in [-0.2, 0) is 0 Å². The van der Waals surface area contributed by atoms with Gasteiger partial charge in [-0.15, -0.1) is 0 Å². The Morgan fingerprint density at radius 3 is 2.36 bits per heavy atom. The third-order valence-corrected chi connectivity index (χ3v) is 5.21. The van der Waals surface area contributed by atoms with E-state index in [1.807, 2.05) is 32.9 Å². The summed E-state index contributed by atoms with van der Waals surface area (Å²) in [6.45, 7) is 8.58. The fourth-order valence-electron chi connectivity index (χ4n) is 4.01. The van der Waals surface area contributed by atoms with E-state index in [4.69, 9.17) is 4.74 Å². The zero-order valence-electron chi connectivity index (χ0n) is 17.2. The van der Waals surface area contributed by atoms with Gasteiger partial charge in [0, 0.05) is 30.3 Å². The Labute approximate surface area is 165 Å². The summed E-state index contributed by atoms with van der Waals surface area (Å²) >= 11 is 0. The van der Waals surface area contributed by atoms with Gasteiger partial charge in [-0.1, -0.05) is 0 Å². The van der Waals surface area contributed by atoms with Gasteiger partial charge in [0.05, 0.1) is 7.11 Å². The first-order valence-electron chi connectivity index (χ1n) is 9.61. The maximum atomic E-state index is 13.1. The normalized spacial score (nSPS) is 16.8. The first kappa shape index (κ1) is 20.0. The van der Waals surface area contributed by atoms with Crippen LogP contribution in [0.2, 0.25) is 0 Å². The molecule has 0 saturated carbocycles. The van der Waals surface area contributed by atoms with Crippen molar-refractivity contribution in [2.24, 2.45) is 5.92 Å². The van der Waals surface area contributed by atoms with Gasteiger partial charge < -0.3 is 9.64 Å². The van der Waals surface area contributed by atoms with Gasteiger partial charge in [0.2, 0.25) is 0 Å². The number of amides is 1. The molecule has 1 amide bonds. The van der Waals surface area contributed by atoms with Crippen LogP contribution in [-0.4, -0.2) is 46.8 Å². The minimum Gasteiger partial charge on any atom is -0.496 e. The fraction of sp³-hybridized carbons (Fsp3) is 0.455. The van der Waals surface area contributed by atoms with Gasteiger partial charge >= 0.3 is 0 Å². The number of rotatable bonds is 4. The van der Waals surface area contributed by atoms with E-state index in [1.165, 1.54) is 0 Å². The first-order chi connectivity index (χ1) is 13.3. The number of carbonyl (C=O) groups excluding carboxylic acids is 2. The molecule has 3 rings (SSSR count). The molecule has 28 heavy (non-hydrogen) atoms. The second-order valence-corrected chi connectivity index (χ2v) is 7.54. The van der Waals surface area contributed by atoms with E-state index in [0.717, 1.165) is 35.4 Å². The highest BCUT2D eigenvalue weighted by Gasteiger charge is 2.30. The van der Waals surface area contributed by atoms with Crippen molar-refractivity contribution in [1.82, 2.24) is 14.9 Å². The molecule has 1 fully saturated rings. The molecule has 1 aliphatic heterocycles. The predicted molar refractivity (Wildman–Crippen MR) is 107 cm³/mol. The molecule has 2 aromatic rings. The van der Waals surface area contributed by atoms with Crippen LogP contribution in [0.3, 0.4) is 0 Å². The van der Waals surface area contributed by atoms with E-state index < -0.39 is 0 Å². The number of hydrogen-bond donors (Lipinski definition) is 0. The number of ether oxygens (including phenoxy) is 1. The zero-order valence-corrected chi connectivity index (χ0v) is 17.2. The lowest BCUT2D eigenvalue weighted by Crippen LogP contribution is -2.42. The number of Topliss-reactive ketones (excluding diaryl/α,β-unsaturated/α-hetero) is 1. The third kappa shape index (κ3) is 4.06. The van der Waals surface area contributed by atoms with Crippen LogP contribution >= 0.6 is 0 Å². The Kier molecular flexibility index (Phi) is 5.77. The van der Waals surface area contributed by atoms with Crippen molar-refractivity contribution in [3.63, 3.8) is 0 Å². The highest BCUT2D eigenvalue weighted by molar-refractivity contribution is 5.99. The summed E-state index contributed by atoms with van der Waals surface area (Å²) in [5.41, 5.74) is 3.74. The van der Waals surface area contributed by atoms with E-state index >= 15 is 0 Å². The molecule has 1 aliphatic rings. The summed E-state index contributed by atoms with van der Waals surface area (Å²) in [4.78, 5) is 36.3. The van der Waals surface area contributed by atoms with Crippen molar-refractivity contribution in [1.29, 1.82) is 0 Å². The number of likely N-dealkylation sites (tertiary alicyclic amines) is 1. The molecule has 0 bridgehead atoms. The number of ketones is 1. The van der Waals surface area contributed by atoms with Crippen LogP contribution in [0.15, 0.2) is 18.2 Å². The molecule has 1 atom stereocenters. The van der Waals surface area contributed by atoms with Crippen LogP contribution in [0.1, 0.15) is 56.3 Å². The lowest BCUT2D eigenvalue weighted by atomic mass is 9.88. The standard InChI is InChI=1S/C22H27N3O3/c1-13-9-18(10-14(2)21(13)28-5)20(26)17-7-6-8-25(12-17)22(27)19-11-15(3)23-16(4)24-19/h9-11,17H,6-8,12H2,1-5H3/t17-/m0/s1. The average molecular weight is 381 g/mol. The zero-order chi connectivity index (χ0) is 20.4. The number of carbonyl (C=O) groups is 2. The summed E-state index contributed by atoms with van der Waals surface area (Å²) in [6.07, 6.45) is 1.59. The van der Waals surface area contributed by atoms with Crippen LogP contribution in [0.4, 0.5) is 0 Å². The summed E-state index contributed by atoms with van der Waals surface area (Å²) in [5, 5.41) is 0. The van der Waals surface area contributed by atoms with Crippen molar-refractivity contribution < 1.29 is 14.3 Å². The molecule has 148 valence electrons. The Morgan fingerprint density at radius 1 is 1.07 bits per heavy atom. The van der Waals surface area contributed by atoms with Crippen LogP contribution in [0.5, 0.6) is 5.75 Å². The van der Waals surface area contributed by atoms with Crippen molar-refractivity contribution in [2.75, 3.05) is 20.2 Å². The number of piperidine rings is 1. The molecule has 2 heterocycles. The first-order valence-corrected chi connectivity index (χ1v) is 9.61. The maximum absolute atomic E-state index is 13.1. The quantitative estimate of drug-likeness (QED) is 0.759. The van der Waals surface area contributed by atoms with Gasteiger partial charge in [-0.3, -0.25) is 9.59 Å². The number of hydrogen-bond acceptors (Lipinski definition) is 5. The second kappa shape index (κ2) is 8.09. The van der Waals surface area contributed by atoms with E-state index in [2.05, 4.69) is 9.97 Å². The van der Waals surface area contributed by atoms with E-state index in [9.17, 15) is 9.59 Å². The number of benzene rings is 1. The Bertz CT molecular complexity index is 880. The molecular weight excluding hydrogens is 354 g/mol. The van der Waals surface area contributed by atoms with Gasteiger partial charge in [-0.05, 0) is 69.9 Å². The van der Waals surface area contributed by atoms with E-state index in [-0.39, 0.29) is 17.6 Å². The average Bonchev–Trinajstić information content (AvgIpc) is 2.66. The highest BCUT2D eigenvalue weighted by atomic mass is 16.5. The van der Waals surface area contributed by atoms with Crippen molar-refractivity contribution in [3.8, 4) is 5.75 Å². The minimum atomic E-state index is -0.200. The SMILES string of the molecule is COc1c(C)cc(C(=O)[C@H]2CCCN(C(=O)c3cc(C)nc(C)n3)C2)cc1C.